The molecule has 1 unspecified atom stereocenters. The van der Waals surface area contributed by atoms with Crippen LogP contribution in [-0.2, 0) is 11.1 Å². The smallest absolute Gasteiger partial charge is 0.414 e. The molecule has 0 saturated heterocycles. The summed E-state index contributed by atoms with van der Waals surface area (Å²) in [5.74, 6) is -0.589. The molecular formula is C11H14B2N4O3S. The monoisotopic (exact) mass is 304 g/mol. The number of ketones is 1. The summed E-state index contributed by atoms with van der Waals surface area (Å²) < 4.78 is 6.51. The van der Waals surface area contributed by atoms with Crippen molar-refractivity contribution in [2.45, 2.75) is 19.1 Å². The fourth-order valence-electron chi connectivity index (χ4n) is 1.85. The van der Waals surface area contributed by atoms with Crippen molar-refractivity contribution in [3.05, 3.63) is 34.8 Å². The Kier molecular flexibility index (Phi) is 5.29. The molecule has 2 N–H and O–H groups in total. The van der Waals surface area contributed by atoms with Crippen molar-refractivity contribution >= 4 is 38.1 Å². The van der Waals surface area contributed by atoms with Crippen molar-refractivity contribution in [1.29, 1.82) is 5.41 Å². The highest BCUT2D eigenvalue weighted by Crippen LogP contribution is 2.20. The van der Waals surface area contributed by atoms with E-state index in [1.165, 1.54) is 17.7 Å². The van der Waals surface area contributed by atoms with Gasteiger partial charge in [-0.15, -0.1) is 11.3 Å². The van der Waals surface area contributed by atoms with Crippen LogP contribution in [-0.4, -0.2) is 46.2 Å². The van der Waals surface area contributed by atoms with Crippen LogP contribution in [0.15, 0.2) is 24.1 Å². The molecule has 0 amide bonds. The summed E-state index contributed by atoms with van der Waals surface area (Å²) in [6.45, 7) is 1.63. The number of thiazole rings is 1. The first-order valence-electron chi connectivity index (χ1n) is 6.36. The second-order valence-electron chi connectivity index (χ2n) is 4.50. The maximum Gasteiger partial charge on any atom is 0.414 e. The van der Waals surface area contributed by atoms with Crippen LogP contribution in [0.5, 0.6) is 0 Å². The van der Waals surface area contributed by atoms with Crippen LogP contribution in [0.25, 0.3) is 0 Å². The number of hydrogen-bond acceptors (Lipinski definition) is 7. The Bertz CT molecular complexity index is 602. The second-order valence-corrected chi connectivity index (χ2v) is 5.39. The van der Waals surface area contributed by atoms with Crippen LogP contribution in [0.4, 0.5) is 0 Å². The lowest BCUT2D eigenvalue weighted by Gasteiger charge is -2.10. The fourth-order valence-corrected chi connectivity index (χ4v) is 2.51. The molecule has 0 aromatic carbocycles. The Balaban J connectivity index is 2.11. The van der Waals surface area contributed by atoms with Crippen molar-refractivity contribution in [2.75, 3.05) is 0 Å². The van der Waals surface area contributed by atoms with Gasteiger partial charge in [-0.1, -0.05) is 0 Å². The van der Waals surface area contributed by atoms with Gasteiger partial charge in [0.25, 0.3) is 0 Å². The van der Waals surface area contributed by atoms with E-state index in [9.17, 15) is 9.82 Å². The molecule has 10 heteroatoms. The van der Waals surface area contributed by atoms with Gasteiger partial charge in [0.15, 0.2) is 10.8 Å². The fraction of sp³-hybridized carbons (Fsp3) is 0.273. The van der Waals surface area contributed by atoms with E-state index >= 15 is 0 Å². The van der Waals surface area contributed by atoms with E-state index in [2.05, 4.69) is 9.97 Å². The van der Waals surface area contributed by atoms with E-state index in [4.69, 9.17) is 10.1 Å². The number of nitrogens with one attached hydrogen (secondary N) is 1. The maximum atomic E-state index is 12.4. The number of nitrogens with zero attached hydrogens (tertiary/aromatic N) is 3. The third-order valence-corrected chi connectivity index (χ3v) is 3.72. The topological polar surface area (TPSA) is 101 Å². The third-order valence-electron chi connectivity index (χ3n) is 2.94. The van der Waals surface area contributed by atoms with Gasteiger partial charge in [-0.2, -0.15) is 0 Å². The Morgan fingerprint density at radius 1 is 1.71 bits per heavy atom. The molecule has 7 nitrogen and oxygen atoms in total. The number of aromatic nitrogens is 3. The number of carbonyl (C=O) groups is 1. The quantitative estimate of drug-likeness (QED) is 0.320. The molecule has 0 fully saturated rings. The third kappa shape index (κ3) is 4.02. The van der Waals surface area contributed by atoms with Gasteiger partial charge >= 0.3 is 14.5 Å². The Morgan fingerprint density at radius 3 is 3.10 bits per heavy atom. The van der Waals surface area contributed by atoms with Gasteiger partial charge in [0.2, 0.25) is 0 Å². The minimum Gasteiger partial charge on any atom is -0.556 e. The summed E-state index contributed by atoms with van der Waals surface area (Å²) in [4.78, 5) is 20.5. The Hall–Kier alpha value is -1.93. The van der Waals surface area contributed by atoms with E-state index in [1.54, 1.807) is 29.1 Å². The van der Waals surface area contributed by atoms with Crippen LogP contribution in [0, 0.1) is 5.41 Å². The molecule has 2 heterocycles. The van der Waals surface area contributed by atoms with Crippen molar-refractivity contribution in [3.8, 4) is 0 Å². The highest BCUT2D eigenvalue weighted by atomic mass is 32.1. The number of hydrogen-bond donors (Lipinski definition) is 2. The van der Waals surface area contributed by atoms with Gasteiger partial charge in [0.1, 0.15) is 6.40 Å². The molecule has 0 saturated carbocycles. The Morgan fingerprint density at radius 2 is 2.52 bits per heavy atom. The molecule has 0 spiro atoms. The summed E-state index contributed by atoms with van der Waals surface area (Å²) >= 11 is 1.27. The van der Waals surface area contributed by atoms with Gasteiger partial charge in [-0.3, -0.25) is 10.2 Å². The normalized spacial score (nSPS) is 11.7. The van der Waals surface area contributed by atoms with Gasteiger partial charge in [0, 0.05) is 23.6 Å². The first-order valence-corrected chi connectivity index (χ1v) is 7.24. The van der Waals surface area contributed by atoms with Gasteiger partial charge in [-0.05, 0) is 13.2 Å². The predicted molar refractivity (Wildman–Crippen MR) is 82.4 cm³/mol. The molecule has 1 atom stereocenters. The predicted octanol–water partition coefficient (Wildman–Crippen LogP) is 0.487. The summed E-state index contributed by atoms with van der Waals surface area (Å²) in [6, 6.07) is 0. The molecule has 2 aromatic rings. The SMILES string of the molecule is CB(O)n1cnc(CC(BOC=N)C(=O)c2nccs2)c1. The maximum absolute atomic E-state index is 12.4. The molecule has 0 aliphatic carbocycles. The minimum absolute atomic E-state index is 0.101. The molecule has 0 radical (unpaired) electrons. The van der Waals surface area contributed by atoms with E-state index < -0.39 is 12.9 Å². The Labute approximate surface area is 126 Å². The molecule has 108 valence electrons. The number of imidazole rings is 1. The molecule has 0 bridgehead atoms. The highest BCUT2D eigenvalue weighted by Gasteiger charge is 2.26. The second kappa shape index (κ2) is 7.19. The van der Waals surface area contributed by atoms with E-state index in [-0.39, 0.29) is 13.3 Å². The van der Waals surface area contributed by atoms with Crippen molar-refractivity contribution in [1.82, 2.24) is 14.4 Å². The zero-order valence-corrected chi connectivity index (χ0v) is 12.3. The van der Waals surface area contributed by atoms with E-state index in [0.717, 1.165) is 6.40 Å². The van der Waals surface area contributed by atoms with Crippen molar-refractivity contribution in [3.63, 3.8) is 0 Å². The molecule has 0 aliphatic rings. The van der Waals surface area contributed by atoms with Crippen LogP contribution in [0.2, 0.25) is 12.6 Å². The molecule has 21 heavy (non-hydrogen) atoms. The number of carbonyl (C=O) groups excluding carboxylic acids is 1. The number of Topliss-reactive ketones (excluding diaryl/α,β-unsaturated/α-hetero) is 1. The van der Waals surface area contributed by atoms with E-state index in [1.807, 2.05) is 0 Å². The van der Waals surface area contributed by atoms with Crippen LogP contribution >= 0.6 is 11.3 Å². The summed E-state index contributed by atoms with van der Waals surface area (Å²) in [6.07, 6.45) is 5.97. The zero-order valence-electron chi connectivity index (χ0n) is 11.5. The van der Waals surface area contributed by atoms with Gasteiger partial charge in [-0.25, -0.2) is 9.97 Å². The van der Waals surface area contributed by atoms with Gasteiger partial charge < -0.3 is 14.2 Å². The highest BCUT2D eigenvalue weighted by molar-refractivity contribution is 7.11. The summed E-state index contributed by atoms with van der Waals surface area (Å²) in [5.41, 5.74) is 0.680. The molecular weight excluding hydrogens is 290 g/mol. The molecule has 2 rings (SSSR count). The number of rotatable bonds is 8. The van der Waals surface area contributed by atoms with Crippen LogP contribution < -0.4 is 0 Å². The van der Waals surface area contributed by atoms with Crippen molar-refractivity contribution < 1.29 is 14.5 Å². The molecule has 2 aromatic heterocycles. The lowest BCUT2D eigenvalue weighted by molar-refractivity contribution is 0.0979. The lowest BCUT2D eigenvalue weighted by Crippen LogP contribution is -2.20. The average Bonchev–Trinajstić information content (AvgIpc) is 3.13. The minimum atomic E-state index is -0.669. The lowest BCUT2D eigenvalue weighted by atomic mass is 9.74. The summed E-state index contributed by atoms with van der Waals surface area (Å²) in [7, 11) is -0.569. The average molecular weight is 304 g/mol. The first-order chi connectivity index (χ1) is 10.1. The van der Waals surface area contributed by atoms with Crippen LogP contribution in [0.1, 0.15) is 15.5 Å². The largest absolute Gasteiger partial charge is 0.556 e. The zero-order chi connectivity index (χ0) is 15.2. The first kappa shape index (κ1) is 15.5. The van der Waals surface area contributed by atoms with E-state index in [0.29, 0.717) is 17.1 Å². The molecule has 0 aliphatic heterocycles. The van der Waals surface area contributed by atoms with Crippen molar-refractivity contribution in [2.24, 2.45) is 0 Å². The van der Waals surface area contributed by atoms with Gasteiger partial charge in [0.05, 0.1) is 12.0 Å². The van der Waals surface area contributed by atoms with Crippen LogP contribution in [0.3, 0.4) is 0 Å². The summed E-state index contributed by atoms with van der Waals surface area (Å²) in [5, 5.41) is 18.6. The standard InChI is InChI=1S/C11H14B2N4O3S/c1-13(19)17-5-8(16-7-17)4-9(12-20-6-14)10(18)11-15-2-3-21-11/h2-3,5-7,9,12,14,19H,4H2,1H3.